The Labute approximate surface area is 69.2 Å². The molecule has 0 aromatic carbocycles. The molecule has 0 aromatic heterocycles. The fraction of sp³-hybridized carbons (Fsp3) is 0.889. The summed E-state index contributed by atoms with van der Waals surface area (Å²) in [5, 5.41) is 0. The van der Waals surface area contributed by atoms with E-state index in [2.05, 4.69) is 20.8 Å². The lowest BCUT2D eigenvalue weighted by Gasteiger charge is -2.17. The first kappa shape index (κ1) is 10.5. The molecule has 0 heterocycles. The Kier molecular flexibility index (Phi) is 4.92. The van der Waals surface area contributed by atoms with Crippen LogP contribution in [0.25, 0.3) is 0 Å². The molecule has 0 aliphatic heterocycles. The highest BCUT2D eigenvalue weighted by Gasteiger charge is 2.14. The SMILES string of the molecule is CCCC(CC(N)=O)C(C)C. The van der Waals surface area contributed by atoms with Crippen LogP contribution < -0.4 is 5.73 Å². The topological polar surface area (TPSA) is 43.1 Å². The average molecular weight is 157 g/mol. The van der Waals surface area contributed by atoms with E-state index in [0.29, 0.717) is 18.3 Å². The van der Waals surface area contributed by atoms with Crippen molar-refractivity contribution < 1.29 is 4.79 Å². The number of hydrogen-bond donors (Lipinski definition) is 1. The Morgan fingerprint density at radius 3 is 2.27 bits per heavy atom. The van der Waals surface area contributed by atoms with Gasteiger partial charge in [-0.3, -0.25) is 4.79 Å². The highest BCUT2D eigenvalue weighted by atomic mass is 16.1. The smallest absolute Gasteiger partial charge is 0.217 e. The van der Waals surface area contributed by atoms with Crippen LogP contribution in [0.5, 0.6) is 0 Å². The van der Waals surface area contributed by atoms with Gasteiger partial charge in [0.05, 0.1) is 0 Å². The van der Waals surface area contributed by atoms with Gasteiger partial charge in [-0.05, 0) is 18.3 Å². The molecule has 0 fully saturated rings. The lowest BCUT2D eigenvalue weighted by Crippen LogP contribution is -2.19. The fourth-order valence-corrected chi connectivity index (χ4v) is 1.30. The summed E-state index contributed by atoms with van der Waals surface area (Å²) >= 11 is 0. The minimum absolute atomic E-state index is 0.169. The van der Waals surface area contributed by atoms with E-state index in [1.54, 1.807) is 0 Å². The van der Waals surface area contributed by atoms with Gasteiger partial charge in [0.15, 0.2) is 0 Å². The van der Waals surface area contributed by atoms with Crippen LogP contribution in [0, 0.1) is 11.8 Å². The average Bonchev–Trinajstić information content (AvgIpc) is 1.86. The summed E-state index contributed by atoms with van der Waals surface area (Å²) in [6.45, 7) is 6.42. The molecule has 2 heteroatoms. The van der Waals surface area contributed by atoms with Crippen LogP contribution in [-0.4, -0.2) is 5.91 Å². The summed E-state index contributed by atoms with van der Waals surface area (Å²) in [5.74, 6) is 0.886. The monoisotopic (exact) mass is 157 g/mol. The zero-order chi connectivity index (χ0) is 8.85. The molecule has 1 atom stereocenters. The van der Waals surface area contributed by atoms with Gasteiger partial charge < -0.3 is 5.73 Å². The Balaban J connectivity index is 3.79. The third-order valence-corrected chi connectivity index (χ3v) is 2.07. The normalized spacial score (nSPS) is 13.5. The molecule has 1 amide bonds. The maximum absolute atomic E-state index is 10.6. The van der Waals surface area contributed by atoms with Crippen LogP contribution in [0.3, 0.4) is 0 Å². The standard InChI is InChI=1S/C9H19NO/c1-4-5-8(7(2)3)6-9(10)11/h7-8H,4-6H2,1-3H3,(H2,10,11). The quantitative estimate of drug-likeness (QED) is 0.651. The van der Waals surface area contributed by atoms with Crippen LogP contribution in [0.4, 0.5) is 0 Å². The third-order valence-electron chi connectivity index (χ3n) is 2.07. The van der Waals surface area contributed by atoms with Crippen molar-refractivity contribution in [3.05, 3.63) is 0 Å². The molecule has 0 aliphatic rings. The number of rotatable bonds is 5. The highest BCUT2D eigenvalue weighted by molar-refractivity contribution is 5.73. The first-order valence-electron chi connectivity index (χ1n) is 4.36. The Morgan fingerprint density at radius 1 is 1.45 bits per heavy atom. The molecular formula is C9H19NO. The maximum Gasteiger partial charge on any atom is 0.217 e. The lowest BCUT2D eigenvalue weighted by atomic mass is 9.88. The first-order valence-corrected chi connectivity index (χ1v) is 4.36. The lowest BCUT2D eigenvalue weighted by molar-refractivity contribution is -0.119. The van der Waals surface area contributed by atoms with E-state index in [1.165, 1.54) is 0 Å². The molecule has 0 aromatic rings. The summed E-state index contributed by atoms with van der Waals surface area (Å²) in [4.78, 5) is 10.6. The molecule has 0 radical (unpaired) electrons. The predicted molar refractivity (Wildman–Crippen MR) is 47.0 cm³/mol. The minimum Gasteiger partial charge on any atom is -0.370 e. The molecule has 1 unspecified atom stereocenters. The van der Waals surface area contributed by atoms with Crippen molar-refractivity contribution in [1.82, 2.24) is 0 Å². The second-order valence-electron chi connectivity index (χ2n) is 3.46. The van der Waals surface area contributed by atoms with Gasteiger partial charge in [0, 0.05) is 6.42 Å². The van der Waals surface area contributed by atoms with Gasteiger partial charge in [-0.15, -0.1) is 0 Å². The second kappa shape index (κ2) is 5.16. The number of amides is 1. The zero-order valence-electron chi connectivity index (χ0n) is 7.76. The van der Waals surface area contributed by atoms with Crippen LogP contribution in [0.2, 0.25) is 0 Å². The van der Waals surface area contributed by atoms with Gasteiger partial charge in [-0.25, -0.2) is 0 Å². The summed E-state index contributed by atoms with van der Waals surface area (Å²) in [5.41, 5.74) is 5.12. The third kappa shape index (κ3) is 4.82. The Bertz CT molecular complexity index is 121. The number of nitrogens with two attached hydrogens (primary N) is 1. The molecule has 0 bridgehead atoms. The molecule has 0 spiro atoms. The molecule has 0 rings (SSSR count). The van der Waals surface area contributed by atoms with Crippen LogP contribution in [0.15, 0.2) is 0 Å². The molecular weight excluding hydrogens is 138 g/mol. The minimum atomic E-state index is -0.169. The second-order valence-corrected chi connectivity index (χ2v) is 3.46. The van der Waals surface area contributed by atoms with E-state index < -0.39 is 0 Å². The van der Waals surface area contributed by atoms with Crippen LogP contribution in [-0.2, 0) is 4.79 Å². The fourth-order valence-electron chi connectivity index (χ4n) is 1.30. The molecule has 0 aliphatic carbocycles. The van der Waals surface area contributed by atoms with Crippen LogP contribution in [0.1, 0.15) is 40.0 Å². The summed E-state index contributed by atoms with van der Waals surface area (Å²) in [6, 6.07) is 0. The molecule has 66 valence electrons. The number of primary amides is 1. The van der Waals surface area contributed by atoms with Gasteiger partial charge in [-0.2, -0.15) is 0 Å². The van der Waals surface area contributed by atoms with Gasteiger partial charge in [0.25, 0.3) is 0 Å². The van der Waals surface area contributed by atoms with E-state index in [9.17, 15) is 4.79 Å². The van der Waals surface area contributed by atoms with Gasteiger partial charge in [0.1, 0.15) is 0 Å². The van der Waals surface area contributed by atoms with E-state index in [1.807, 2.05) is 0 Å². The van der Waals surface area contributed by atoms with Gasteiger partial charge in [-0.1, -0.05) is 27.2 Å². The van der Waals surface area contributed by atoms with Crippen molar-refractivity contribution in [3.63, 3.8) is 0 Å². The van der Waals surface area contributed by atoms with E-state index in [-0.39, 0.29) is 5.91 Å². The van der Waals surface area contributed by atoms with Gasteiger partial charge in [0.2, 0.25) is 5.91 Å². The van der Waals surface area contributed by atoms with E-state index in [0.717, 1.165) is 12.8 Å². The van der Waals surface area contributed by atoms with Crippen molar-refractivity contribution in [3.8, 4) is 0 Å². The molecule has 2 nitrogen and oxygen atoms in total. The predicted octanol–water partition coefficient (Wildman–Crippen LogP) is 1.93. The van der Waals surface area contributed by atoms with Crippen molar-refractivity contribution in [2.45, 2.75) is 40.0 Å². The molecule has 11 heavy (non-hydrogen) atoms. The van der Waals surface area contributed by atoms with Gasteiger partial charge >= 0.3 is 0 Å². The summed E-state index contributed by atoms with van der Waals surface area (Å²) in [7, 11) is 0. The Hall–Kier alpha value is -0.530. The number of carbonyl (C=O) groups excluding carboxylic acids is 1. The van der Waals surface area contributed by atoms with Crippen molar-refractivity contribution in [2.75, 3.05) is 0 Å². The molecule has 0 saturated carbocycles. The summed E-state index contributed by atoms with van der Waals surface area (Å²) in [6.07, 6.45) is 2.79. The van der Waals surface area contributed by atoms with E-state index >= 15 is 0 Å². The number of hydrogen-bond acceptors (Lipinski definition) is 1. The Morgan fingerprint density at radius 2 is 2.00 bits per heavy atom. The largest absolute Gasteiger partial charge is 0.370 e. The first-order chi connectivity index (χ1) is 5.07. The number of carbonyl (C=O) groups is 1. The van der Waals surface area contributed by atoms with Crippen molar-refractivity contribution >= 4 is 5.91 Å². The van der Waals surface area contributed by atoms with Crippen molar-refractivity contribution in [1.29, 1.82) is 0 Å². The maximum atomic E-state index is 10.6. The van der Waals surface area contributed by atoms with E-state index in [4.69, 9.17) is 5.73 Å². The van der Waals surface area contributed by atoms with Crippen molar-refractivity contribution in [2.24, 2.45) is 17.6 Å². The van der Waals surface area contributed by atoms with Crippen LogP contribution >= 0.6 is 0 Å². The highest BCUT2D eigenvalue weighted by Crippen LogP contribution is 2.20. The molecule has 2 N–H and O–H groups in total. The zero-order valence-corrected chi connectivity index (χ0v) is 7.76. The molecule has 0 saturated heterocycles. The summed E-state index contributed by atoms with van der Waals surface area (Å²) < 4.78 is 0.